The van der Waals surface area contributed by atoms with Crippen molar-refractivity contribution in [3.8, 4) is 23.0 Å². The monoisotopic (exact) mass is 667 g/mol. The zero-order valence-electron chi connectivity index (χ0n) is 26.0. The molecule has 3 aromatic carbocycles. The molecule has 0 atom stereocenters. The molecule has 0 saturated heterocycles. The van der Waals surface area contributed by atoms with Crippen molar-refractivity contribution in [3.05, 3.63) is 72.3 Å². The quantitative estimate of drug-likeness (QED) is 0.135. The molecule has 0 bridgehead atoms. The van der Waals surface area contributed by atoms with Gasteiger partial charge in [-0.2, -0.15) is 0 Å². The zero-order chi connectivity index (χ0) is 29.7. The number of anilines is 1. The molecule has 222 valence electrons. The first-order chi connectivity index (χ1) is 19.9. The van der Waals surface area contributed by atoms with Crippen LogP contribution in [0.4, 0.5) is 5.69 Å². The molecule has 5 nitrogen and oxygen atoms in total. The molecule has 0 aliphatic rings. The van der Waals surface area contributed by atoms with Gasteiger partial charge < -0.3 is 0 Å². The number of benzene rings is 3. The number of carbonyl (C=O) groups excluding carboxylic acids is 1. The van der Waals surface area contributed by atoms with Crippen LogP contribution < -0.4 is 22.7 Å². The Hall–Kier alpha value is -2.67. The molecule has 41 heavy (non-hydrogen) atoms. The Labute approximate surface area is 252 Å². The maximum atomic E-state index is 13.4. The SMILES string of the molecule is CCC[CH2][Sn]([CH2]CCC)([CH2]CCC)[c]1ccc(Oc2ccccc2)c(N(Cc2cc(OC)ccc2OC)C(C)=O)c1. The van der Waals surface area contributed by atoms with Gasteiger partial charge in [-0.15, -0.1) is 0 Å². The summed E-state index contributed by atoms with van der Waals surface area (Å²) >= 11 is -2.79. The summed E-state index contributed by atoms with van der Waals surface area (Å²) in [5.74, 6) is 2.86. The fourth-order valence-corrected chi connectivity index (χ4v) is 21.6. The van der Waals surface area contributed by atoms with E-state index in [0.29, 0.717) is 12.3 Å². The van der Waals surface area contributed by atoms with Crippen molar-refractivity contribution >= 4 is 33.6 Å². The first kappa shape index (κ1) is 32.8. The van der Waals surface area contributed by atoms with E-state index < -0.39 is 18.4 Å². The predicted molar refractivity (Wildman–Crippen MR) is 174 cm³/mol. The Kier molecular flexibility index (Phi) is 13.4. The number of carbonyl (C=O) groups is 1. The number of para-hydroxylation sites is 1. The number of ether oxygens (including phenoxy) is 3. The number of nitrogens with zero attached hydrogens (tertiary/aromatic N) is 1. The van der Waals surface area contributed by atoms with Gasteiger partial charge in [0, 0.05) is 0 Å². The number of rotatable bonds is 17. The molecule has 3 rings (SSSR count). The van der Waals surface area contributed by atoms with Crippen molar-refractivity contribution in [2.24, 2.45) is 0 Å². The molecule has 0 spiro atoms. The summed E-state index contributed by atoms with van der Waals surface area (Å²) in [5, 5.41) is 0. The van der Waals surface area contributed by atoms with E-state index in [1.54, 1.807) is 21.1 Å². The summed E-state index contributed by atoms with van der Waals surface area (Å²) in [6, 6.07) is 22.3. The Balaban J connectivity index is 2.20. The summed E-state index contributed by atoms with van der Waals surface area (Å²) in [4.78, 5) is 15.2. The number of amides is 1. The second-order valence-corrected chi connectivity index (χ2v) is 24.2. The van der Waals surface area contributed by atoms with E-state index in [1.807, 2.05) is 53.4 Å². The third-order valence-electron chi connectivity index (χ3n) is 8.06. The fourth-order valence-electron chi connectivity index (χ4n) is 5.66. The molecule has 0 fully saturated rings. The van der Waals surface area contributed by atoms with Crippen LogP contribution >= 0.6 is 0 Å². The van der Waals surface area contributed by atoms with E-state index in [2.05, 4.69) is 39.0 Å². The summed E-state index contributed by atoms with van der Waals surface area (Å²) in [6.45, 7) is 8.89. The Bertz CT molecular complexity index is 1210. The van der Waals surface area contributed by atoms with E-state index in [9.17, 15) is 4.79 Å². The van der Waals surface area contributed by atoms with E-state index >= 15 is 0 Å². The van der Waals surface area contributed by atoms with Gasteiger partial charge in [0.2, 0.25) is 0 Å². The number of unbranched alkanes of at least 4 members (excludes halogenated alkanes) is 3. The summed E-state index contributed by atoms with van der Waals surface area (Å²) in [6.07, 6.45) is 7.48. The van der Waals surface area contributed by atoms with Crippen LogP contribution in [0.5, 0.6) is 23.0 Å². The van der Waals surface area contributed by atoms with Gasteiger partial charge in [-0.25, -0.2) is 0 Å². The molecule has 0 aliphatic carbocycles. The molecule has 0 aliphatic heterocycles. The number of methoxy groups -OCH3 is 2. The third kappa shape index (κ3) is 8.91. The summed E-state index contributed by atoms with van der Waals surface area (Å²) in [7, 11) is 3.31. The summed E-state index contributed by atoms with van der Waals surface area (Å²) < 4.78 is 23.2. The van der Waals surface area contributed by atoms with Gasteiger partial charge in [0.1, 0.15) is 0 Å². The standard InChI is InChI=1S/C23H22NO4.3C4H9.Sn/c1-17(25)24(16-18-15-20(26-2)13-14-22(18)27-3)21-11-7-8-12-23(21)28-19-9-5-4-6-10-19;3*1-3-4-2;/h4-6,8-15H,16H2,1-3H3;3*1,3-4H2,2H3;. The molecule has 6 heteroatoms. The minimum absolute atomic E-state index is 0.0404. The first-order valence-electron chi connectivity index (χ1n) is 15.3. The molecule has 0 saturated carbocycles. The van der Waals surface area contributed by atoms with Crippen LogP contribution in [0.1, 0.15) is 71.8 Å². The minimum atomic E-state index is -2.79. The molecule has 0 heterocycles. The Morgan fingerprint density at radius 3 is 1.88 bits per heavy atom. The van der Waals surface area contributed by atoms with Gasteiger partial charge in [-0.3, -0.25) is 0 Å². The topological polar surface area (TPSA) is 48.0 Å². The van der Waals surface area contributed by atoms with Gasteiger partial charge in [-0.1, -0.05) is 0 Å². The van der Waals surface area contributed by atoms with Gasteiger partial charge >= 0.3 is 253 Å². The molecule has 3 aromatic rings. The van der Waals surface area contributed by atoms with Crippen molar-refractivity contribution in [1.82, 2.24) is 0 Å². The zero-order valence-corrected chi connectivity index (χ0v) is 28.9. The molecular weight excluding hydrogens is 617 g/mol. The van der Waals surface area contributed by atoms with Crippen molar-refractivity contribution in [1.29, 1.82) is 0 Å². The van der Waals surface area contributed by atoms with Crippen LogP contribution in [0.15, 0.2) is 66.7 Å². The van der Waals surface area contributed by atoms with E-state index in [4.69, 9.17) is 14.2 Å². The second kappa shape index (κ2) is 16.7. The van der Waals surface area contributed by atoms with Crippen LogP contribution in [0, 0.1) is 0 Å². The van der Waals surface area contributed by atoms with Crippen LogP contribution in [0.3, 0.4) is 0 Å². The molecule has 0 N–H and O–H groups in total. The first-order valence-corrected chi connectivity index (χ1v) is 22.8. The van der Waals surface area contributed by atoms with Crippen LogP contribution in [-0.2, 0) is 11.3 Å². The molecule has 0 radical (unpaired) electrons. The molecule has 0 unspecified atom stereocenters. The Morgan fingerprint density at radius 1 is 0.732 bits per heavy atom. The molecule has 0 aromatic heterocycles. The van der Waals surface area contributed by atoms with Crippen LogP contribution in [-0.4, -0.2) is 38.5 Å². The number of hydrogen-bond acceptors (Lipinski definition) is 4. The van der Waals surface area contributed by atoms with E-state index in [0.717, 1.165) is 28.5 Å². The second-order valence-electron chi connectivity index (χ2n) is 11.0. The van der Waals surface area contributed by atoms with Crippen molar-refractivity contribution in [2.45, 2.75) is 86.1 Å². The normalized spacial score (nSPS) is 11.3. The van der Waals surface area contributed by atoms with Crippen LogP contribution in [0.25, 0.3) is 0 Å². The van der Waals surface area contributed by atoms with Crippen LogP contribution in [0.2, 0.25) is 13.3 Å². The third-order valence-corrected chi connectivity index (χ3v) is 23.7. The molecular formula is C35H49NO4Sn. The predicted octanol–water partition coefficient (Wildman–Crippen LogP) is 9.11. The van der Waals surface area contributed by atoms with Gasteiger partial charge in [0.15, 0.2) is 0 Å². The summed E-state index contributed by atoms with van der Waals surface area (Å²) in [5.41, 5.74) is 1.71. The Morgan fingerprint density at radius 2 is 1.34 bits per heavy atom. The maximum absolute atomic E-state index is 13.4. The van der Waals surface area contributed by atoms with Crippen molar-refractivity contribution in [3.63, 3.8) is 0 Å². The van der Waals surface area contributed by atoms with Gasteiger partial charge in [-0.05, 0) is 0 Å². The molecule has 1 amide bonds. The van der Waals surface area contributed by atoms with Crippen molar-refractivity contribution in [2.75, 3.05) is 19.1 Å². The van der Waals surface area contributed by atoms with Crippen molar-refractivity contribution < 1.29 is 19.0 Å². The van der Waals surface area contributed by atoms with E-state index in [1.165, 1.54) is 55.4 Å². The van der Waals surface area contributed by atoms with Gasteiger partial charge in [0.25, 0.3) is 0 Å². The van der Waals surface area contributed by atoms with Gasteiger partial charge in [0.05, 0.1) is 0 Å². The average Bonchev–Trinajstić information content (AvgIpc) is 3.00. The fraction of sp³-hybridized carbons (Fsp3) is 0.457. The average molecular weight is 666 g/mol. The number of hydrogen-bond donors (Lipinski definition) is 0. The van der Waals surface area contributed by atoms with E-state index in [-0.39, 0.29) is 5.91 Å².